The summed E-state index contributed by atoms with van der Waals surface area (Å²) >= 11 is 0. The maximum absolute atomic E-state index is 10.8. The molecule has 0 amide bonds. The highest BCUT2D eigenvalue weighted by Crippen LogP contribution is 2.42. The maximum Gasteiger partial charge on any atom is 0.161 e. The van der Waals surface area contributed by atoms with Crippen LogP contribution in [0.4, 0.5) is 0 Å². The van der Waals surface area contributed by atoms with Gasteiger partial charge in [-0.3, -0.25) is 4.98 Å². The van der Waals surface area contributed by atoms with Crippen LogP contribution in [0.3, 0.4) is 0 Å². The Hall–Kier alpha value is -3.37. The van der Waals surface area contributed by atoms with Gasteiger partial charge in [0, 0.05) is 28.6 Å². The number of benzene rings is 2. The Morgan fingerprint density at radius 2 is 1.66 bits per heavy atom. The van der Waals surface area contributed by atoms with E-state index in [1.807, 2.05) is 56.4 Å². The first-order valence-corrected chi connectivity index (χ1v) is 11.2. The van der Waals surface area contributed by atoms with E-state index in [4.69, 9.17) is 9.97 Å². The Labute approximate surface area is 189 Å². The number of hydrogen-bond donors (Lipinski definition) is 1. The Morgan fingerprint density at radius 1 is 0.875 bits per heavy atom. The number of rotatable bonds is 3. The van der Waals surface area contributed by atoms with E-state index in [0.29, 0.717) is 11.7 Å². The predicted octanol–water partition coefficient (Wildman–Crippen LogP) is 6.29. The van der Waals surface area contributed by atoms with Crippen molar-refractivity contribution in [1.29, 1.82) is 0 Å². The van der Waals surface area contributed by atoms with Crippen LogP contribution in [0.15, 0.2) is 72.9 Å². The summed E-state index contributed by atoms with van der Waals surface area (Å²) in [5, 5.41) is 10.8. The second-order valence-corrected chi connectivity index (χ2v) is 9.03. The van der Waals surface area contributed by atoms with Crippen molar-refractivity contribution < 1.29 is 5.11 Å². The molecule has 0 fully saturated rings. The predicted molar refractivity (Wildman–Crippen MR) is 128 cm³/mol. The van der Waals surface area contributed by atoms with Gasteiger partial charge in [0.2, 0.25) is 0 Å². The van der Waals surface area contributed by atoms with Crippen molar-refractivity contribution in [2.75, 3.05) is 0 Å². The van der Waals surface area contributed by atoms with Crippen LogP contribution in [0.1, 0.15) is 49.4 Å². The number of pyridine rings is 1. The van der Waals surface area contributed by atoms with E-state index in [9.17, 15) is 5.11 Å². The third-order valence-corrected chi connectivity index (χ3v) is 6.47. The Balaban J connectivity index is 1.48. The van der Waals surface area contributed by atoms with E-state index in [1.165, 1.54) is 5.56 Å². The van der Waals surface area contributed by atoms with Crippen molar-refractivity contribution in [3.8, 4) is 33.9 Å². The smallest absolute Gasteiger partial charge is 0.161 e. The van der Waals surface area contributed by atoms with Gasteiger partial charge in [-0.2, -0.15) is 0 Å². The fourth-order valence-electron chi connectivity index (χ4n) is 4.56. The summed E-state index contributed by atoms with van der Waals surface area (Å²) < 4.78 is 0. The molecule has 2 unspecified atom stereocenters. The first kappa shape index (κ1) is 20.5. The fraction of sp³-hybridized carbons (Fsp3) is 0.250. The Bertz CT molecular complexity index is 1260. The van der Waals surface area contributed by atoms with E-state index in [-0.39, 0.29) is 0 Å². The molecule has 5 rings (SSSR count). The molecule has 0 saturated carbocycles. The molecule has 2 aromatic carbocycles. The molecule has 4 heteroatoms. The number of nitrogens with zero attached hydrogens (tertiary/aromatic N) is 3. The SMILES string of the molecule is Cc1cc(-c2ccccc2)nc(-c2ccc(-c3ccc4c(c3)C(C)CCC4(C)O)nc2)n1. The average Bonchev–Trinajstić information content (AvgIpc) is 2.82. The van der Waals surface area contributed by atoms with Crippen molar-refractivity contribution in [2.24, 2.45) is 0 Å². The summed E-state index contributed by atoms with van der Waals surface area (Å²) in [6.45, 7) is 6.13. The monoisotopic (exact) mass is 421 g/mol. The highest BCUT2D eigenvalue weighted by molar-refractivity contribution is 5.67. The lowest BCUT2D eigenvalue weighted by molar-refractivity contribution is 0.0353. The number of aliphatic hydroxyl groups is 1. The number of hydrogen-bond acceptors (Lipinski definition) is 4. The van der Waals surface area contributed by atoms with Gasteiger partial charge in [0.1, 0.15) is 0 Å². The van der Waals surface area contributed by atoms with Gasteiger partial charge in [-0.05, 0) is 68.0 Å². The number of aromatic nitrogens is 3. The molecule has 1 aliphatic carbocycles. The molecule has 4 aromatic rings. The summed E-state index contributed by atoms with van der Waals surface area (Å²) in [6.07, 6.45) is 3.64. The summed E-state index contributed by atoms with van der Waals surface area (Å²) in [7, 11) is 0. The summed E-state index contributed by atoms with van der Waals surface area (Å²) in [5.41, 5.74) is 7.28. The molecule has 2 aromatic heterocycles. The first-order chi connectivity index (χ1) is 15.4. The van der Waals surface area contributed by atoms with E-state index < -0.39 is 5.60 Å². The first-order valence-electron chi connectivity index (χ1n) is 11.2. The minimum Gasteiger partial charge on any atom is -0.385 e. The molecule has 2 atom stereocenters. The minimum atomic E-state index is -0.753. The fourth-order valence-corrected chi connectivity index (χ4v) is 4.56. The van der Waals surface area contributed by atoms with Crippen LogP contribution in [0.5, 0.6) is 0 Å². The second kappa shape index (κ2) is 7.95. The molecular formula is C28H27N3O. The van der Waals surface area contributed by atoms with Gasteiger partial charge in [0.15, 0.2) is 5.82 Å². The lowest BCUT2D eigenvalue weighted by atomic mass is 9.75. The lowest BCUT2D eigenvalue weighted by Crippen LogP contribution is -2.28. The van der Waals surface area contributed by atoms with Crippen LogP contribution >= 0.6 is 0 Å². The highest BCUT2D eigenvalue weighted by atomic mass is 16.3. The van der Waals surface area contributed by atoms with Crippen LogP contribution in [-0.2, 0) is 5.60 Å². The molecule has 2 heterocycles. The number of fused-ring (bicyclic) bond motifs is 1. The summed E-state index contributed by atoms with van der Waals surface area (Å²) in [5.74, 6) is 1.11. The maximum atomic E-state index is 10.8. The van der Waals surface area contributed by atoms with Crippen LogP contribution in [0, 0.1) is 6.92 Å². The van der Waals surface area contributed by atoms with E-state index >= 15 is 0 Å². The van der Waals surface area contributed by atoms with Gasteiger partial charge in [-0.25, -0.2) is 9.97 Å². The van der Waals surface area contributed by atoms with Crippen LogP contribution < -0.4 is 0 Å². The molecular weight excluding hydrogens is 394 g/mol. The van der Waals surface area contributed by atoms with Gasteiger partial charge in [-0.1, -0.05) is 49.4 Å². The van der Waals surface area contributed by atoms with Crippen molar-refractivity contribution >= 4 is 0 Å². The molecule has 160 valence electrons. The molecule has 0 spiro atoms. The molecule has 32 heavy (non-hydrogen) atoms. The topological polar surface area (TPSA) is 58.9 Å². The van der Waals surface area contributed by atoms with Crippen molar-refractivity contribution in [3.05, 3.63) is 89.7 Å². The van der Waals surface area contributed by atoms with Crippen molar-refractivity contribution in [2.45, 2.75) is 45.1 Å². The third-order valence-electron chi connectivity index (χ3n) is 6.47. The van der Waals surface area contributed by atoms with Gasteiger partial charge in [0.25, 0.3) is 0 Å². The van der Waals surface area contributed by atoms with Crippen LogP contribution in [0.2, 0.25) is 0 Å². The quantitative estimate of drug-likeness (QED) is 0.422. The minimum absolute atomic E-state index is 0.432. The second-order valence-electron chi connectivity index (χ2n) is 9.03. The van der Waals surface area contributed by atoms with Crippen LogP contribution in [-0.4, -0.2) is 20.1 Å². The van der Waals surface area contributed by atoms with Crippen molar-refractivity contribution in [3.63, 3.8) is 0 Å². The zero-order valence-electron chi connectivity index (χ0n) is 18.7. The van der Waals surface area contributed by atoms with E-state index in [1.54, 1.807) is 0 Å². The van der Waals surface area contributed by atoms with E-state index in [0.717, 1.165) is 52.2 Å². The molecule has 1 aliphatic rings. The molecule has 1 N–H and O–H groups in total. The number of aryl methyl sites for hydroxylation is 1. The summed E-state index contributed by atoms with van der Waals surface area (Å²) in [4.78, 5) is 14.1. The third kappa shape index (κ3) is 3.82. The Kier molecular flexibility index (Phi) is 5.10. The average molecular weight is 422 g/mol. The molecule has 0 radical (unpaired) electrons. The van der Waals surface area contributed by atoms with Crippen molar-refractivity contribution in [1.82, 2.24) is 15.0 Å². The zero-order valence-corrected chi connectivity index (χ0v) is 18.7. The summed E-state index contributed by atoms with van der Waals surface area (Å²) in [6, 6.07) is 22.5. The van der Waals surface area contributed by atoms with E-state index in [2.05, 4.69) is 42.2 Å². The standard InChI is InChI=1S/C28H27N3O/c1-18-13-14-28(3,32)24-11-9-21(16-23(18)24)25-12-10-22(17-29-25)27-30-19(2)15-26(31-27)20-7-5-4-6-8-20/h4-12,15-18,32H,13-14H2,1-3H3. The Morgan fingerprint density at radius 3 is 2.41 bits per heavy atom. The van der Waals surface area contributed by atoms with Gasteiger partial charge < -0.3 is 5.11 Å². The van der Waals surface area contributed by atoms with Gasteiger partial charge in [-0.15, -0.1) is 0 Å². The largest absolute Gasteiger partial charge is 0.385 e. The highest BCUT2D eigenvalue weighted by Gasteiger charge is 2.32. The molecule has 0 bridgehead atoms. The van der Waals surface area contributed by atoms with Gasteiger partial charge >= 0.3 is 0 Å². The lowest BCUT2D eigenvalue weighted by Gasteiger charge is -2.34. The zero-order chi connectivity index (χ0) is 22.3. The van der Waals surface area contributed by atoms with Crippen LogP contribution in [0.25, 0.3) is 33.9 Å². The normalized spacial score (nSPS) is 20.1. The molecule has 0 saturated heterocycles. The van der Waals surface area contributed by atoms with Gasteiger partial charge in [0.05, 0.1) is 17.0 Å². The molecule has 4 nitrogen and oxygen atoms in total. The molecule has 0 aliphatic heterocycles.